The molecule has 0 unspecified atom stereocenters. The summed E-state index contributed by atoms with van der Waals surface area (Å²) < 4.78 is 35.7. The van der Waals surface area contributed by atoms with Gasteiger partial charge >= 0.3 is 0 Å². The van der Waals surface area contributed by atoms with E-state index in [2.05, 4.69) is 15.6 Å². The molecule has 0 saturated carbocycles. The Morgan fingerprint density at radius 1 is 1.06 bits per heavy atom. The van der Waals surface area contributed by atoms with Crippen molar-refractivity contribution in [2.24, 2.45) is 4.99 Å². The quantitative estimate of drug-likeness (QED) is 0.190. The van der Waals surface area contributed by atoms with Crippen LogP contribution >= 0.6 is 24.0 Å². The fraction of sp³-hybridized carbons (Fsp3) is 0.409. The van der Waals surface area contributed by atoms with Crippen molar-refractivity contribution < 1.29 is 17.9 Å². The number of hydrogen-bond acceptors (Lipinski definition) is 5. The predicted molar refractivity (Wildman–Crippen MR) is 135 cm³/mol. The van der Waals surface area contributed by atoms with E-state index >= 15 is 0 Å². The summed E-state index contributed by atoms with van der Waals surface area (Å²) in [5.74, 6) is 1.32. The van der Waals surface area contributed by atoms with Crippen molar-refractivity contribution in [2.45, 2.75) is 25.3 Å². The molecule has 0 heterocycles. The summed E-state index contributed by atoms with van der Waals surface area (Å²) in [7, 11) is -1.70. The highest BCUT2D eigenvalue weighted by atomic mass is 127. The third-order valence-electron chi connectivity index (χ3n) is 4.28. The van der Waals surface area contributed by atoms with Gasteiger partial charge in [0.05, 0.1) is 23.8 Å². The van der Waals surface area contributed by atoms with Gasteiger partial charge in [0.25, 0.3) is 0 Å². The van der Waals surface area contributed by atoms with Crippen molar-refractivity contribution >= 4 is 39.8 Å². The molecule has 2 aromatic carbocycles. The molecular weight excluding hydrogens is 529 g/mol. The number of nitrogens with one attached hydrogen (secondary N) is 2. The zero-order valence-corrected chi connectivity index (χ0v) is 21.4. The Kier molecular flexibility index (Phi) is 12.5. The fourth-order valence-electron chi connectivity index (χ4n) is 2.72. The van der Waals surface area contributed by atoms with Crippen molar-refractivity contribution in [1.82, 2.24) is 10.6 Å². The average Bonchev–Trinajstić information content (AvgIpc) is 2.74. The van der Waals surface area contributed by atoms with Gasteiger partial charge in [-0.15, -0.1) is 24.0 Å². The number of rotatable bonds is 11. The van der Waals surface area contributed by atoms with E-state index in [1.54, 1.807) is 37.4 Å². The van der Waals surface area contributed by atoms with E-state index in [0.717, 1.165) is 16.9 Å². The minimum absolute atomic E-state index is 0. The van der Waals surface area contributed by atoms with Crippen LogP contribution in [-0.2, 0) is 21.1 Å². The maximum absolute atomic E-state index is 12.4. The second-order valence-electron chi connectivity index (χ2n) is 6.71. The molecule has 0 aromatic heterocycles. The van der Waals surface area contributed by atoms with E-state index in [-0.39, 0.29) is 36.3 Å². The highest BCUT2D eigenvalue weighted by Gasteiger charge is 2.13. The smallest absolute Gasteiger partial charge is 0.191 e. The van der Waals surface area contributed by atoms with Gasteiger partial charge < -0.3 is 20.1 Å². The van der Waals surface area contributed by atoms with Crippen LogP contribution in [0.15, 0.2) is 58.4 Å². The normalized spacial score (nSPS) is 11.5. The summed E-state index contributed by atoms with van der Waals surface area (Å²) in [5.41, 5.74) is 2.05. The lowest BCUT2D eigenvalue weighted by atomic mass is 10.1. The number of guanidine groups is 1. The lowest BCUT2D eigenvalue weighted by Crippen LogP contribution is -2.39. The van der Waals surface area contributed by atoms with E-state index in [4.69, 9.17) is 9.47 Å². The predicted octanol–water partition coefficient (Wildman–Crippen LogP) is 3.17. The lowest BCUT2D eigenvalue weighted by Gasteiger charge is -2.14. The second-order valence-corrected chi connectivity index (χ2v) is 8.82. The van der Waals surface area contributed by atoms with E-state index in [0.29, 0.717) is 37.2 Å². The maximum atomic E-state index is 12.4. The molecule has 0 bridgehead atoms. The maximum Gasteiger partial charge on any atom is 0.191 e. The van der Waals surface area contributed by atoms with E-state index in [1.165, 1.54) is 0 Å². The monoisotopic (exact) mass is 561 g/mol. The molecule has 0 saturated heterocycles. The van der Waals surface area contributed by atoms with Crippen LogP contribution in [0, 0.1) is 6.92 Å². The zero-order valence-electron chi connectivity index (χ0n) is 18.3. The highest BCUT2D eigenvalue weighted by molar-refractivity contribution is 14.0. The minimum atomic E-state index is -3.34. The van der Waals surface area contributed by atoms with Crippen LogP contribution in [0.3, 0.4) is 0 Å². The van der Waals surface area contributed by atoms with E-state index in [1.807, 2.05) is 32.0 Å². The van der Waals surface area contributed by atoms with Crippen LogP contribution in [0.5, 0.6) is 5.75 Å². The van der Waals surface area contributed by atoms with E-state index in [9.17, 15) is 8.42 Å². The van der Waals surface area contributed by atoms with Crippen LogP contribution in [0.1, 0.15) is 18.1 Å². The minimum Gasteiger partial charge on any atom is -0.491 e. The van der Waals surface area contributed by atoms with Gasteiger partial charge in [0, 0.05) is 25.8 Å². The third kappa shape index (κ3) is 9.44. The Bertz CT molecular complexity index is 922. The number of hydrogen-bond donors (Lipinski definition) is 2. The fourth-order valence-corrected chi connectivity index (χ4v) is 3.90. The summed E-state index contributed by atoms with van der Waals surface area (Å²) >= 11 is 0. The van der Waals surface area contributed by atoms with Crippen LogP contribution in [0.25, 0.3) is 0 Å². The first-order chi connectivity index (χ1) is 14.5. The van der Waals surface area contributed by atoms with Gasteiger partial charge in [-0.2, -0.15) is 0 Å². The Morgan fingerprint density at radius 2 is 1.81 bits per heavy atom. The number of aliphatic imine (C=N–C) groups is 1. The molecular formula is C22H32IN3O4S. The topological polar surface area (TPSA) is 89.0 Å². The molecule has 2 rings (SSSR count). The zero-order chi connectivity index (χ0) is 21.8. The Morgan fingerprint density at radius 3 is 2.48 bits per heavy atom. The van der Waals surface area contributed by atoms with Gasteiger partial charge in [-0.3, -0.25) is 0 Å². The molecule has 0 amide bonds. The molecule has 0 atom stereocenters. The van der Waals surface area contributed by atoms with Crippen molar-refractivity contribution in [3.05, 3.63) is 59.7 Å². The third-order valence-corrected chi connectivity index (χ3v) is 6.02. The van der Waals surface area contributed by atoms with Crippen LogP contribution < -0.4 is 15.4 Å². The molecule has 0 radical (unpaired) electrons. The standard InChI is InChI=1S/C22H31N3O4S.HI/c1-4-23-22(24-12-15-30(26,27)20-8-6-5-7-9-20)25-17-19-11-10-18(2)16-21(19)29-14-13-28-3;/h5-11,16H,4,12-15,17H2,1-3H3,(H2,23,24,25);1H. The van der Waals surface area contributed by atoms with Gasteiger partial charge in [-0.05, 0) is 37.6 Å². The highest BCUT2D eigenvalue weighted by Crippen LogP contribution is 2.21. The van der Waals surface area contributed by atoms with Crippen LogP contribution in [-0.4, -0.2) is 53.5 Å². The molecule has 2 N–H and O–H groups in total. The molecule has 0 spiro atoms. The Labute approximate surface area is 202 Å². The first kappa shape index (κ1) is 27.2. The van der Waals surface area contributed by atoms with Gasteiger partial charge in [0.2, 0.25) is 0 Å². The molecule has 9 heteroatoms. The molecule has 172 valence electrons. The molecule has 0 aliphatic carbocycles. The van der Waals surface area contributed by atoms with Gasteiger partial charge in [-0.1, -0.05) is 30.3 Å². The molecule has 0 fully saturated rings. The summed E-state index contributed by atoms with van der Waals surface area (Å²) in [4.78, 5) is 4.91. The van der Waals surface area contributed by atoms with Crippen LogP contribution in [0.4, 0.5) is 0 Å². The number of benzene rings is 2. The van der Waals surface area contributed by atoms with Crippen LogP contribution in [0.2, 0.25) is 0 Å². The van der Waals surface area contributed by atoms with Gasteiger partial charge in [-0.25, -0.2) is 13.4 Å². The number of nitrogens with zero attached hydrogens (tertiary/aromatic N) is 1. The van der Waals surface area contributed by atoms with E-state index < -0.39 is 9.84 Å². The first-order valence-corrected chi connectivity index (χ1v) is 11.6. The molecule has 7 nitrogen and oxygen atoms in total. The molecule has 2 aromatic rings. The summed E-state index contributed by atoms with van der Waals surface area (Å²) in [6, 6.07) is 14.4. The summed E-state index contributed by atoms with van der Waals surface area (Å²) in [6.45, 7) is 6.28. The summed E-state index contributed by atoms with van der Waals surface area (Å²) in [6.07, 6.45) is 0. The molecule has 31 heavy (non-hydrogen) atoms. The van der Waals surface area contributed by atoms with Crippen molar-refractivity contribution in [2.75, 3.05) is 39.2 Å². The van der Waals surface area contributed by atoms with Crippen molar-refractivity contribution in [3.8, 4) is 5.75 Å². The first-order valence-electron chi connectivity index (χ1n) is 9.97. The Balaban J connectivity index is 0.00000480. The average molecular weight is 561 g/mol. The number of sulfone groups is 1. The SMILES string of the molecule is CCNC(=NCc1ccc(C)cc1OCCOC)NCCS(=O)(=O)c1ccccc1.I. The van der Waals surface area contributed by atoms with Gasteiger partial charge in [0.1, 0.15) is 12.4 Å². The Hall–Kier alpha value is -1.85. The van der Waals surface area contributed by atoms with Crippen molar-refractivity contribution in [1.29, 1.82) is 0 Å². The number of ether oxygens (including phenoxy) is 2. The largest absolute Gasteiger partial charge is 0.491 e. The molecule has 0 aliphatic heterocycles. The number of halogens is 1. The second kappa shape index (κ2) is 14.3. The lowest BCUT2D eigenvalue weighted by molar-refractivity contribution is 0.146. The molecule has 0 aliphatic rings. The van der Waals surface area contributed by atoms with Crippen molar-refractivity contribution in [3.63, 3.8) is 0 Å². The summed E-state index contributed by atoms with van der Waals surface area (Å²) in [5, 5.41) is 6.24. The number of aryl methyl sites for hydroxylation is 1. The van der Waals surface area contributed by atoms with Gasteiger partial charge in [0.15, 0.2) is 15.8 Å². The number of methoxy groups -OCH3 is 1.